The van der Waals surface area contributed by atoms with Crippen LogP contribution in [0.1, 0.15) is 42.2 Å². The number of amides is 1. The number of esters is 1. The first-order valence-electron chi connectivity index (χ1n) is 10.6. The Balaban J connectivity index is 1.78. The van der Waals surface area contributed by atoms with Crippen LogP contribution >= 0.6 is 0 Å². The Kier molecular flexibility index (Phi) is 7.59. The third kappa shape index (κ3) is 5.32. The van der Waals surface area contributed by atoms with E-state index in [4.69, 9.17) is 9.47 Å². The highest BCUT2D eigenvalue weighted by Crippen LogP contribution is 2.25. The molecule has 0 saturated heterocycles. The van der Waals surface area contributed by atoms with E-state index >= 15 is 0 Å². The van der Waals surface area contributed by atoms with Gasteiger partial charge in [-0.3, -0.25) is 9.59 Å². The van der Waals surface area contributed by atoms with E-state index in [-0.39, 0.29) is 11.3 Å². The minimum atomic E-state index is -0.767. The average molecular weight is 437 g/mol. The summed E-state index contributed by atoms with van der Waals surface area (Å²) < 4.78 is 11.8. The molecule has 0 aliphatic heterocycles. The standard InChI is InChI=1S/C24H27N3O5/c1-4-5-8-13-27-23(29)18-10-7-6-9-17(18)22(26-27)24(30)32-15-21(28)25-19-14-16(2)11-12-20(19)31-3/h6-7,9-12,14H,4-5,8,13,15H2,1-3H3,(H,25,28). The van der Waals surface area contributed by atoms with Gasteiger partial charge in [-0.05, 0) is 37.1 Å². The molecule has 1 amide bonds. The lowest BCUT2D eigenvalue weighted by atomic mass is 10.1. The lowest BCUT2D eigenvalue weighted by molar-refractivity contribution is -0.119. The van der Waals surface area contributed by atoms with Crippen LogP contribution in [0.4, 0.5) is 5.69 Å². The van der Waals surface area contributed by atoms with Gasteiger partial charge in [0.15, 0.2) is 12.3 Å². The summed E-state index contributed by atoms with van der Waals surface area (Å²) in [7, 11) is 1.51. The lowest BCUT2D eigenvalue weighted by Gasteiger charge is -2.12. The number of methoxy groups -OCH3 is 1. The molecule has 1 N–H and O–H groups in total. The van der Waals surface area contributed by atoms with E-state index in [0.29, 0.717) is 28.8 Å². The SMILES string of the molecule is CCCCCn1nc(C(=O)OCC(=O)Nc2cc(C)ccc2OC)c2ccccc2c1=O. The number of hydrogen-bond donors (Lipinski definition) is 1. The van der Waals surface area contributed by atoms with Crippen molar-refractivity contribution in [2.45, 2.75) is 39.7 Å². The van der Waals surface area contributed by atoms with Gasteiger partial charge in [-0.2, -0.15) is 5.10 Å². The normalized spacial score (nSPS) is 10.7. The van der Waals surface area contributed by atoms with Crippen molar-refractivity contribution in [3.63, 3.8) is 0 Å². The fourth-order valence-electron chi connectivity index (χ4n) is 3.35. The van der Waals surface area contributed by atoms with Gasteiger partial charge in [-0.15, -0.1) is 0 Å². The number of nitrogens with one attached hydrogen (secondary N) is 1. The van der Waals surface area contributed by atoms with Gasteiger partial charge in [0.1, 0.15) is 5.75 Å². The summed E-state index contributed by atoms with van der Waals surface area (Å²) in [5.41, 5.74) is 1.19. The molecule has 0 aliphatic rings. The topological polar surface area (TPSA) is 99.5 Å². The first kappa shape index (κ1) is 23.0. The van der Waals surface area contributed by atoms with Crippen molar-refractivity contribution in [1.29, 1.82) is 0 Å². The van der Waals surface area contributed by atoms with Gasteiger partial charge in [0.05, 0.1) is 18.2 Å². The van der Waals surface area contributed by atoms with Gasteiger partial charge in [0, 0.05) is 11.9 Å². The van der Waals surface area contributed by atoms with Crippen LogP contribution in [-0.4, -0.2) is 35.4 Å². The molecule has 0 saturated carbocycles. The van der Waals surface area contributed by atoms with Gasteiger partial charge >= 0.3 is 5.97 Å². The maximum Gasteiger partial charge on any atom is 0.359 e. The Morgan fingerprint density at radius 1 is 1.09 bits per heavy atom. The molecule has 0 atom stereocenters. The molecule has 168 valence electrons. The van der Waals surface area contributed by atoms with E-state index in [1.807, 2.05) is 13.0 Å². The second-order valence-corrected chi connectivity index (χ2v) is 7.46. The number of nitrogens with zero attached hydrogens (tertiary/aromatic N) is 2. The molecule has 1 aromatic heterocycles. The third-order valence-corrected chi connectivity index (χ3v) is 5.00. The molecule has 0 spiro atoms. The summed E-state index contributed by atoms with van der Waals surface area (Å²) >= 11 is 0. The molecule has 0 aliphatic carbocycles. The van der Waals surface area contributed by atoms with Gasteiger partial charge in [0.2, 0.25) is 0 Å². The predicted molar refractivity (Wildman–Crippen MR) is 122 cm³/mol. The van der Waals surface area contributed by atoms with E-state index in [1.165, 1.54) is 11.8 Å². The number of anilines is 1. The number of benzene rings is 2. The summed E-state index contributed by atoms with van der Waals surface area (Å²) in [5, 5.41) is 7.72. The highest BCUT2D eigenvalue weighted by atomic mass is 16.5. The van der Waals surface area contributed by atoms with Crippen LogP contribution in [0.3, 0.4) is 0 Å². The Morgan fingerprint density at radius 3 is 2.56 bits per heavy atom. The van der Waals surface area contributed by atoms with Crippen molar-refractivity contribution in [3.05, 3.63) is 64.1 Å². The number of unbranched alkanes of at least 4 members (excludes halogenated alkanes) is 2. The van der Waals surface area contributed by atoms with E-state index in [1.54, 1.807) is 36.4 Å². The van der Waals surface area contributed by atoms with E-state index in [0.717, 1.165) is 24.8 Å². The van der Waals surface area contributed by atoms with Crippen LogP contribution in [0.25, 0.3) is 10.8 Å². The maximum atomic E-state index is 12.8. The molecule has 0 radical (unpaired) electrons. The minimum Gasteiger partial charge on any atom is -0.495 e. The Labute approximate surface area is 186 Å². The number of aromatic nitrogens is 2. The third-order valence-electron chi connectivity index (χ3n) is 5.00. The minimum absolute atomic E-state index is 0.0117. The summed E-state index contributed by atoms with van der Waals surface area (Å²) in [6, 6.07) is 12.1. The van der Waals surface area contributed by atoms with Crippen LogP contribution in [0.5, 0.6) is 5.75 Å². The molecule has 32 heavy (non-hydrogen) atoms. The monoisotopic (exact) mass is 437 g/mol. The van der Waals surface area contributed by atoms with E-state index in [2.05, 4.69) is 17.3 Å². The number of aryl methyl sites for hydroxylation is 2. The summed E-state index contributed by atoms with van der Waals surface area (Å²) in [6.07, 6.45) is 2.72. The van der Waals surface area contributed by atoms with E-state index < -0.39 is 18.5 Å². The molecule has 8 nitrogen and oxygen atoms in total. The van der Waals surface area contributed by atoms with Crippen LogP contribution in [-0.2, 0) is 16.1 Å². The molecule has 2 aromatic carbocycles. The molecule has 3 rings (SSSR count). The smallest absolute Gasteiger partial charge is 0.359 e. The maximum absolute atomic E-state index is 12.8. The van der Waals surface area contributed by atoms with Crippen LogP contribution in [0, 0.1) is 6.92 Å². The summed E-state index contributed by atoms with van der Waals surface area (Å²) in [5.74, 6) is -0.776. The Bertz CT molecular complexity index is 1190. The second kappa shape index (κ2) is 10.6. The van der Waals surface area contributed by atoms with Gasteiger partial charge in [-0.1, -0.05) is 44.0 Å². The van der Waals surface area contributed by atoms with Crippen molar-refractivity contribution >= 4 is 28.3 Å². The molecular weight excluding hydrogens is 410 g/mol. The van der Waals surface area contributed by atoms with Crippen molar-refractivity contribution < 1.29 is 19.1 Å². The number of carbonyl (C=O) groups is 2. The molecule has 0 fully saturated rings. The number of rotatable bonds is 9. The fourth-order valence-corrected chi connectivity index (χ4v) is 3.35. The van der Waals surface area contributed by atoms with Gasteiger partial charge in [-0.25, -0.2) is 9.48 Å². The highest BCUT2D eigenvalue weighted by Gasteiger charge is 2.19. The fraction of sp³-hybridized carbons (Fsp3) is 0.333. The summed E-state index contributed by atoms with van der Waals surface area (Å²) in [6.45, 7) is 3.87. The summed E-state index contributed by atoms with van der Waals surface area (Å²) in [4.78, 5) is 37.9. The predicted octanol–water partition coefficient (Wildman–Crippen LogP) is 3.70. The molecule has 0 unspecified atom stereocenters. The quantitative estimate of drug-likeness (QED) is 0.405. The first-order valence-corrected chi connectivity index (χ1v) is 10.6. The zero-order valence-corrected chi connectivity index (χ0v) is 18.5. The largest absolute Gasteiger partial charge is 0.495 e. The van der Waals surface area contributed by atoms with Crippen molar-refractivity contribution in [1.82, 2.24) is 9.78 Å². The highest BCUT2D eigenvalue weighted by molar-refractivity contribution is 6.03. The number of hydrogen-bond acceptors (Lipinski definition) is 6. The molecular formula is C24H27N3O5. The molecule has 0 bridgehead atoms. The van der Waals surface area contributed by atoms with Crippen molar-refractivity contribution in [2.24, 2.45) is 0 Å². The zero-order chi connectivity index (χ0) is 23.1. The second-order valence-electron chi connectivity index (χ2n) is 7.46. The van der Waals surface area contributed by atoms with Gasteiger partial charge < -0.3 is 14.8 Å². The molecule has 3 aromatic rings. The first-order chi connectivity index (χ1) is 15.4. The van der Waals surface area contributed by atoms with Crippen LogP contribution < -0.4 is 15.6 Å². The Morgan fingerprint density at radius 2 is 1.84 bits per heavy atom. The van der Waals surface area contributed by atoms with E-state index in [9.17, 15) is 14.4 Å². The van der Waals surface area contributed by atoms with Crippen LogP contribution in [0.15, 0.2) is 47.3 Å². The molecule has 8 heteroatoms. The molecule has 1 heterocycles. The van der Waals surface area contributed by atoms with Crippen molar-refractivity contribution in [2.75, 3.05) is 19.0 Å². The van der Waals surface area contributed by atoms with Crippen LogP contribution in [0.2, 0.25) is 0 Å². The zero-order valence-electron chi connectivity index (χ0n) is 18.5. The average Bonchev–Trinajstić information content (AvgIpc) is 2.79. The van der Waals surface area contributed by atoms with Gasteiger partial charge in [0.25, 0.3) is 11.5 Å². The number of ether oxygens (including phenoxy) is 2. The number of carbonyl (C=O) groups excluding carboxylic acids is 2. The lowest BCUT2D eigenvalue weighted by Crippen LogP contribution is -2.28. The van der Waals surface area contributed by atoms with Crippen molar-refractivity contribution in [3.8, 4) is 5.75 Å². The Hall–Kier alpha value is -3.68. The number of fused-ring (bicyclic) bond motifs is 1.